The predicted octanol–water partition coefficient (Wildman–Crippen LogP) is 2.61. The van der Waals surface area contributed by atoms with Gasteiger partial charge in [-0.05, 0) is 25.7 Å². The predicted molar refractivity (Wildman–Crippen MR) is 67.7 cm³/mol. The molecule has 0 saturated heterocycles. The molecule has 0 aliphatic heterocycles. The lowest BCUT2D eigenvalue weighted by Crippen LogP contribution is -2.51. The maximum atomic E-state index is 12.0. The fourth-order valence-corrected chi connectivity index (χ4v) is 2.65. The molecular formula is C13H23F3N2O. The Kier molecular flexibility index (Phi) is 6.10. The van der Waals surface area contributed by atoms with E-state index in [9.17, 15) is 18.0 Å². The average Bonchev–Trinajstić information content (AvgIpc) is 2.35. The van der Waals surface area contributed by atoms with Gasteiger partial charge in [0.1, 0.15) is 6.54 Å². The monoisotopic (exact) mass is 280 g/mol. The molecule has 1 rings (SSSR count). The van der Waals surface area contributed by atoms with Crippen LogP contribution in [-0.4, -0.2) is 30.7 Å². The molecule has 1 amide bonds. The first-order chi connectivity index (χ1) is 8.83. The SMILES string of the molecule is CCC1CCCCC1NC(C)C(=O)NCC(F)(F)F. The Labute approximate surface area is 112 Å². The van der Waals surface area contributed by atoms with E-state index in [1.165, 1.54) is 6.42 Å². The van der Waals surface area contributed by atoms with Gasteiger partial charge < -0.3 is 10.6 Å². The highest BCUT2D eigenvalue weighted by Crippen LogP contribution is 2.27. The van der Waals surface area contributed by atoms with Gasteiger partial charge in [-0.25, -0.2) is 0 Å². The number of hydrogen-bond donors (Lipinski definition) is 2. The van der Waals surface area contributed by atoms with Gasteiger partial charge in [0.2, 0.25) is 5.91 Å². The molecule has 112 valence electrons. The third kappa shape index (κ3) is 5.80. The van der Waals surface area contributed by atoms with Crippen LogP contribution >= 0.6 is 0 Å². The molecule has 6 heteroatoms. The van der Waals surface area contributed by atoms with Gasteiger partial charge in [-0.2, -0.15) is 13.2 Å². The van der Waals surface area contributed by atoms with Crippen molar-refractivity contribution in [3.8, 4) is 0 Å². The van der Waals surface area contributed by atoms with E-state index < -0.39 is 24.7 Å². The van der Waals surface area contributed by atoms with Gasteiger partial charge in [0.25, 0.3) is 0 Å². The molecule has 1 aliphatic carbocycles. The largest absolute Gasteiger partial charge is 0.405 e. The summed E-state index contributed by atoms with van der Waals surface area (Å²) in [5.74, 6) is -0.0654. The molecule has 3 atom stereocenters. The van der Waals surface area contributed by atoms with E-state index in [0.717, 1.165) is 25.7 Å². The van der Waals surface area contributed by atoms with Crippen molar-refractivity contribution in [2.24, 2.45) is 5.92 Å². The quantitative estimate of drug-likeness (QED) is 0.813. The highest BCUT2D eigenvalue weighted by molar-refractivity contribution is 5.81. The van der Waals surface area contributed by atoms with Crippen molar-refractivity contribution in [2.45, 2.75) is 64.2 Å². The Morgan fingerprint density at radius 1 is 1.32 bits per heavy atom. The lowest BCUT2D eigenvalue weighted by molar-refractivity contribution is -0.139. The van der Waals surface area contributed by atoms with Crippen LogP contribution in [0.3, 0.4) is 0 Å². The van der Waals surface area contributed by atoms with Crippen molar-refractivity contribution in [2.75, 3.05) is 6.54 Å². The molecule has 19 heavy (non-hydrogen) atoms. The first-order valence-corrected chi connectivity index (χ1v) is 6.94. The van der Waals surface area contributed by atoms with Gasteiger partial charge in [0.15, 0.2) is 0 Å². The van der Waals surface area contributed by atoms with E-state index in [-0.39, 0.29) is 6.04 Å². The van der Waals surface area contributed by atoms with Crippen LogP contribution in [0.5, 0.6) is 0 Å². The fraction of sp³-hybridized carbons (Fsp3) is 0.923. The summed E-state index contributed by atoms with van der Waals surface area (Å²) in [6.07, 6.45) is 1.12. The molecule has 0 spiro atoms. The van der Waals surface area contributed by atoms with Crippen molar-refractivity contribution in [1.29, 1.82) is 0 Å². The van der Waals surface area contributed by atoms with Crippen LogP contribution < -0.4 is 10.6 Å². The van der Waals surface area contributed by atoms with Gasteiger partial charge in [-0.3, -0.25) is 4.79 Å². The second kappa shape index (κ2) is 7.12. The topological polar surface area (TPSA) is 41.1 Å². The number of carbonyl (C=O) groups excluding carboxylic acids is 1. The van der Waals surface area contributed by atoms with E-state index in [2.05, 4.69) is 12.2 Å². The van der Waals surface area contributed by atoms with E-state index in [0.29, 0.717) is 5.92 Å². The number of halogens is 3. The lowest BCUT2D eigenvalue weighted by Gasteiger charge is -2.33. The molecule has 0 bridgehead atoms. The molecular weight excluding hydrogens is 257 g/mol. The smallest absolute Gasteiger partial charge is 0.346 e. The number of nitrogens with one attached hydrogen (secondary N) is 2. The first-order valence-electron chi connectivity index (χ1n) is 6.94. The molecule has 0 aromatic carbocycles. The third-order valence-corrected chi connectivity index (χ3v) is 3.75. The Morgan fingerprint density at radius 3 is 2.53 bits per heavy atom. The summed E-state index contributed by atoms with van der Waals surface area (Å²) in [6, 6.07) is -0.343. The van der Waals surface area contributed by atoms with Crippen molar-refractivity contribution >= 4 is 5.91 Å². The molecule has 0 heterocycles. The summed E-state index contributed by atoms with van der Waals surface area (Å²) >= 11 is 0. The number of amides is 1. The zero-order valence-corrected chi connectivity index (χ0v) is 11.5. The molecule has 3 unspecified atom stereocenters. The number of carbonyl (C=O) groups is 1. The summed E-state index contributed by atoms with van der Waals surface area (Å²) < 4.78 is 36.1. The molecule has 0 radical (unpaired) electrons. The normalized spacial score (nSPS) is 25.9. The van der Waals surface area contributed by atoms with Crippen LogP contribution in [0.1, 0.15) is 46.0 Å². The minimum atomic E-state index is -4.35. The number of rotatable bonds is 5. The van der Waals surface area contributed by atoms with Gasteiger partial charge in [-0.15, -0.1) is 0 Å². The van der Waals surface area contributed by atoms with E-state index >= 15 is 0 Å². The van der Waals surface area contributed by atoms with Crippen LogP contribution in [0.2, 0.25) is 0 Å². The average molecular weight is 280 g/mol. The molecule has 1 fully saturated rings. The Balaban J connectivity index is 2.40. The van der Waals surface area contributed by atoms with Crippen LogP contribution in [0, 0.1) is 5.92 Å². The summed E-state index contributed by atoms with van der Waals surface area (Å²) in [4.78, 5) is 11.6. The summed E-state index contributed by atoms with van der Waals surface area (Å²) in [6.45, 7) is 2.46. The summed E-state index contributed by atoms with van der Waals surface area (Å²) in [5, 5.41) is 5.09. The highest BCUT2D eigenvalue weighted by atomic mass is 19.4. The Hall–Kier alpha value is -0.780. The second-order valence-electron chi connectivity index (χ2n) is 5.28. The zero-order chi connectivity index (χ0) is 14.5. The van der Waals surface area contributed by atoms with Crippen LogP contribution in [-0.2, 0) is 4.79 Å². The minimum absolute atomic E-state index is 0.241. The molecule has 1 aliphatic rings. The van der Waals surface area contributed by atoms with E-state index in [4.69, 9.17) is 0 Å². The molecule has 0 aromatic heterocycles. The van der Waals surface area contributed by atoms with Crippen LogP contribution in [0.25, 0.3) is 0 Å². The molecule has 2 N–H and O–H groups in total. The third-order valence-electron chi connectivity index (χ3n) is 3.75. The van der Waals surface area contributed by atoms with Gasteiger partial charge >= 0.3 is 6.18 Å². The van der Waals surface area contributed by atoms with Gasteiger partial charge in [0.05, 0.1) is 6.04 Å². The fourth-order valence-electron chi connectivity index (χ4n) is 2.65. The summed E-state index contributed by atoms with van der Waals surface area (Å²) in [7, 11) is 0. The van der Waals surface area contributed by atoms with Crippen molar-refractivity contribution < 1.29 is 18.0 Å². The van der Waals surface area contributed by atoms with E-state index in [1.807, 2.05) is 5.32 Å². The van der Waals surface area contributed by atoms with Gasteiger partial charge in [-0.1, -0.05) is 26.2 Å². The van der Waals surface area contributed by atoms with Crippen molar-refractivity contribution in [1.82, 2.24) is 10.6 Å². The molecule has 1 saturated carbocycles. The standard InChI is InChI=1S/C13H23F3N2O/c1-3-10-6-4-5-7-11(10)18-9(2)12(19)17-8-13(14,15)16/h9-11,18H,3-8H2,1-2H3,(H,17,19). The Bertz CT molecular complexity index is 294. The lowest BCUT2D eigenvalue weighted by atomic mass is 9.82. The maximum Gasteiger partial charge on any atom is 0.405 e. The first kappa shape index (κ1) is 16.3. The summed E-state index contributed by atoms with van der Waals surface area (Å²) in [5.41, 5.74) is 0. The van der Waals surface area contributed by atoms with Crippen molar-refractivity contribution in [3.63, 3.8) is 0 Å². The minimum Gasteiger partial charge on any atom is -0.346 e. The number of alkyl halides is 3. The van der Waals surface area contributed by atoms with E-state index in [1.54, 1.807) is 6.92 Å². The molecule has 3 nitrogen and oxygen atoms in total. The zero-order valence-electron chi connectivity index (χ0n) is 11.5. The number of hydrogen-bond acceptors (Lipinski definition) is 2. The Morgan fingerprint density at radius 2 is 1.95 bits per heavy atom. The maximum absolute atomic E-state index is 12.0. The second-order valence-corrected chi connectivity index (χ2v) is 5.28. The highest BCUT2D eigenvalue weighted by Gasteiger charge is 2.30. The van der Waals surface area contributed by atoms with Gasteiger partial charge in [0, 0.05) is 6.04 Å². The van der Waals surface area contributed by atoms with Crippen LogP contribution in [0.4, 0.5) is 13.2 Å². The van der Waals surface area contributed by atoms with Crippen molar-refractivity contribution in [3.05, 3.63) is 0 Å². The van der Waals surface area contributed by atoms with Crippen LogP contribution in [0.15, 0.2) is 0 Å². The molecule has 0 aromatic rings.